The number of nitrogens with zero attached hydrogens (tertiary/aromatic N) is 4. The Kier molecular flexibility index (Phi) is 3.99. The van der Waals surface area contributed by atoms with Crippen molar-refractivity contribution in [3.05, 3.63) is 21.1 Å². The van der Waals surface area contributed by atoms with E-state index < -0.39 is 16.3 Å². The Morgan fingerprint density at radius 1 is 1.52 bits per heavy atom. The number of hydrogen-bond acceptors (Lipinski definition) is 6. The molecule has 0 aromatic carbocycles. The molecule has 1 aromatic rings. The van der Waals surface area contributed by atoms with Crippen LogP contribution in [0.5, 0.6) is 0 Å². The molecule has 0 spiro atoms. The number of halogens is 1. The number of anilines is 1. The second-order valence-electron chi connectivity index (χ2n) is 5.30. The lowest BCUT2D eigenvalue weighted by molar-refractivity contribution is -0.385. The van der Waals surface area contributed by atoms with Crippen LogP contribution in [0.25, 0.3) is 0 Å². The van der Waals surface area contributed by atoms with E-state index in [4.69, 9.17) is 11.6 Å². The van der Waals surface area contributed by atoms with Gasteiger partial charge in [0.1, 0.15) is 5.69 Å². The molecule has 0 bridgehead atoms. The van der Waals surface area contributed by atoms with Gasteiger partial charge in [0, 0.05) is 13.6 Å². The average molecular weight is 315 g/mol. The van der Waals surface area contributed by atoms with Gasteiger partial charge in [-0.1, -0.05) is 6.42 Å². The lowest BCUT2D eigenvalue weighted by Crippen LogP contribution is -2.47. The predicted octanol–water partition coefficient (Wildman–Crippen LogP) is 2.04. The van der Waals surface area contributed by atoms with Gasteiger partial charge in [-0.2, -0.15) is 4.98 Å². The highest BCUT2D eigenvalue weighted by Gasteiger charge is 2.46. The van der Waals surface area contributed by atoms with Gasteiger partial charge >= 0.3 is 11.7 Å². The molecule has 1 aliphatic rings. The number of nitro groups is 1. The van der Waals surface area contributed by atoms with E-state index in [1.165, 1.54) is 11.8 Å². The van der Waals surface area contributed by atoms with Crippen LogP contribution < -0.4 is 4.90 Å². The summed E-state index contributed by atoms with van der Waals surface area (Å²) in [5.74, 6) is -0.842. The Balaban J connectivity index is 2.37. The van der Waals surface area contributed by atoms with Crippen molar-refractivity contribution in [1.82, 2.24) is 9.97 Å². The van der Waals surface area contributed by atoms with Crippen LogP contribution >= 0.6 is 11.6 Å². The first-order valence-corrected chi connectivity index (χ1v) is 6.78. The molecule has 8 nitrogen and oxygen atoms in total. The Morgan fingerprint density at radius 2 is 2.14 bits per heavy atom. The fraction of sp³-hybridized carbons (Fsp3) is 0.583. The molecule has 2 rings (SSSR count). The topological polar surface area (TPSA) is 109 Å². The number of hydrogen-bond donors (Lipinski definition) is 1. The van der Waals surface area contributed by atoms with Gasteiger partial charge in [-0.15, -0.1) is 0 Å². The van der Waals surface area contributed by atoms with Crippen molar-refractivity contribution in [2.24, 2.45) is 5.41 Å². The minimum absolute atomic E-state index is 0.0463. The first kappa shape index (κ1) is 15.4. The van der Waals surface area contributed by atoms with Crippen LogP contribution in [-0.2, 0) is 4.79 Å². The van der Waals surface area contributed by atoms with Gasteiger partial charge in [-0.05, 0) is 31.4 Å². The van der Waals surface area contributed by atoms with Crippen LogP contribution in [0.4, 0.5) is 11.5 Å². The fourth-order valence-corrected chi connectivity index (χ4v) is 2.78. The minimum Gasteiger partial charge on any atom is -0.481 e. The molecular weight excluding hydrogens is 300 g/mol. The summed E-state index contributed by atoms with van der Waals surface area (Å²) in [6.45, 7) is 1.62. The molecule has 0 aliphatic heterocycles. The molecule has 1 N–H and O–H groups in total. The van der Waals surface area contributed by atoms with E-state index in [9.17, 15) is 20.0 Å². The number of aromatic nitrogens is 2. The van der Waals surface area contributed by atoms with Crippen LogP contribution in [0.1, 0.15) is 25.0 Å². The van der Waals surface area contributed by atoms with Crippen molar-refractivity contribution in [2.45, 2.75) is 26.2 Å². The summed E-state index contributed by atoms with van der Waals surface area (Å²) >= 11 is 5.76. The number of carboxylic acid groups (broad SMARTS) is 1. The lowest BCUT2D eigenvalue weighted by atomic mass is 9.68. The molecule has 1 aliphatic carbocycles. The predicted molar refractivity (Wildman–Crippen MR) is 75.6 cm³/mol. The van der Waals surface area contributed by atoms with Crippen LogP contribution in [0.15, 0.2) is 0 Å². The smallest absolute Gasteiger partial charge is 0.332 e. The maximum atomic E-state index is 11.4. The van der Waals surface area contributed by atoms with E-state index in [0.717, 1.165) is 6.42 Å². The van der Waals surface area contributed by atoms with Crippen LogP contribution in [-0.4, -0.2) is 39.6 Å². The fourth-order valence-electron chi connectivity index (χ4n) is 2.57. The maximum absolute atomic E-state index is 11.4. The Hall–Kier alpha value is -1.96. The zero-order chi connectivity index (χ0) is 15.8. The summed E-state index contributed by atoms with van der Waals surface area (Å²) in [6.07, 6.45) is 1.95. The number of carbonyl (C=O) groups is 1. The highest BCUT2D eigenvalue weighted by molar-refractivity contribution is 6.28. The monoisotopic (exact) mass is 314 g/mol. The molecule has 114 valence electrons. The van der Waals surface area contributed by atoms with E-state index in [0.29, 0.717) is 12.8 Å². The number of aliphatic carboxylic acids is 1. The normalized spacial score (nSPS) is 16.1. The SMILES string of the molecule is Cc1nc(Cl)nc(N(C)CC2(C(=O)O)CCC2)c1[N+](=O)[O-]. The summed E-state index contributed by atoms with van der Waals surface area (Å²) in [5.41, 5.74) is -0.963. The van der Waals surface area contributed by atoms with Crippen molar-refractivity contribution in [3.8, 4) is 0 Å². The van der Waals surface area contributed by atoms with Gasteiger partial charge in [0.25, 0.3) is 0 Å². The zero-order valence-corrected chi connectivity index (χ0v) is 12.4. The Labute approximate surface area is 125 Å². The minimum atomic E-state index is -0.889. The van der Waals surface area contributed by atoms with Crippen molar-refractivity contribution in [3.63, 3.8) is 0 Å². The van der Waals surface area contributed by atoms with Crippen molar-refractivity contribution in [2.75, 3.05) is 18.5 Å². The standard InChI is InChI=1S/C12H15ClN4O4/c1-7-8(17(20)21)9(15-11(13)14-7)16(2)6-12(10(18)19)4-3-5-12/h3-6H2,1-2H3,(H,18,19). The van der Waals surface area contributed by atoms with E-state index in [-0.39, 0.29) is 29.0 Å². The molecule has 0 saturated heterocycles. The van der Waals surface area contributed by atoms with E-state index >= 15 is 0 Å². The number of aryl methyl sites for hydroxylation is 1. The lowest BCUT2D eigenvalue weighted by Gasteiger charge is -2.40. The molecule has 1 fully saturated rings. The van der Waals surface area contributed by atoms with Crippen molar-refractivity contribution in [1.29, 1.82) is 0 Å². The van der Waals surface area contributed by atoms with E-state index in [1.807, 2.05) is 0 Å². The summed E-state index contributed by atoms with van der Waals surface area (Å²) in [5, 5.41) is 20.4. The van der Waals surface area contributed by atoms with Gasteiger partial charge in [-0.25, -0.2) is 4.98 Å². The summed E-state index contributed by atoms with van der Waals surface area (Å²) in [6, 6.07) is 0. The molecule has 0 amide bonds. The maximum Gasteiger partial charge on any atom is 0.332 e. The molecule has 0 radical (unpaired) electrons. The number of carboxylic acids is 1. The van der Waals surface area contributed by atoms with Gasteiger partial charge in [0.2, 0.25) is 11.1 Å². The third-order valence-electron chi connectivity index (χ3n) is 3.86. The quantitative estimate of drug-likeness (QED) is 0.503. The summed E-state index contributed by atoms with van der Waals surface area (Å²) in [4.78, 5) is 31.2. The highest BCUT2D eigenvalue weighted by Crippen LogP contribution is 2.43. The first-order chi connectivity index (χ1) is 9.77. The van der Waals surface area contributed by atoms with Gasteiger partial charge in [0.15, 0.2) is 0 Å². The zero-order valence-electron chi connectivity index (χ0n) is 11.7. The van der Waals surface area contributed by atoms with Gasteiger partial charge in [0.05, 0.1) is 10.3 Å². The molecule has 1 aromatic heterocycles. The first-order valence-electron chi connectivity index (χ1n) is 6.40. The largest absolute Gasteiger partial charge is 0.481 e. The average Bonchev–Trinajstić information content (AvgIpc) is 2.31. The molecule has 0 unspecified atom stereocenters. The van der Waals surface area contributed by atoms with Crippen LogP contribution in [0.3, 0.4) is 0 Å². The van der Waals surface area contributed by atoms with Crippen LogP contribution in [0.2, 0.25) is 5.28 Å². The Morgan fingerprint density at radius 3 is 2.57 bits per heavy atom. The van der Waals surface area contributed by atoms with Gasteiger partial charge < -0.3 is 10.0 Å². The summed E-state index contributed by atoms with van der Waals surface area (Å²) < 4.78 is 0. The van der Waals surface area contributed by atoms with Gasteiger partial charge in [-0.3, -0.25) is 14.9 Å². The van der Waals surface area contributed by atoms with E-state index in [1.54, 1.807) is 7.05 Å². The highest BCUT2D eigenvalue weighted by atomic mass is 35.5. The third-order valence-corrected chi connectivity index (χ3v) is 4.03. The molecule has 1 saturated carbocycles. The second kappa shape index (κ2) is 5.44. The molecule has 9 heteroatoms. The second-order valence-corrected chi connectivity index (χ2v) is 5.64. The molecule has 1 heterocycles. The molecule has 21 heavy (non-hydrogen) atoms. The summed E-state index contributed by atoms with van der Waals surface area (Å²) in [7, 11) is 1.58. The molecular formula is C12H15ClN4O4. The van der Waals surface area contributed by atoms with Crippen LogP contribution in [0, 0.1) is 22.5 Å². The number of rotatable bonds is 5. The Bertz CT molecular complexity index is 603. The molecule has 0 atom stereocenters. The van der Waals surface area contributed by atoms with Crippen molar-refractivity contribution >= 4 is 29.1 Å². The third kappa shape index (κ3) is 2.76. The van der Waals surface area contributed by atoms with E-state index in [2.05, 4.69) is 9.97 Å². The van der Waals surface area contributed by atoms with Crippen molar-refractivity contribution < 1.29 is 14.8 Å².